The van der Waals surface area contributed by atoms with Gasteiger partial charge in [-0.15, -0.1) is 0 Å². The summed E-state index contributed by atoms with van der Waals surface area (Å²) in [6.45, 7) is 1.24. The van der Waals surface area contributed by atoms with Crippen LogP contribution in [0.25, 0.3) is 0 Å². The summed E-state index contributed by atoms with van der Waals surface area (Å²) < 4.78 is 22.6. The lowest BCUT2D eigenvalue weighted by Crippen LogP contribution is -2.16. The highest BCUT2D eigenvalue weighted by Gasteiger charge is 2.19. The Balaban J connectivity index is 3.17. The molecule has 0 saturated heterocycles. The van der Waals surface area contributed by atoms with Crippen molar-refractivity contribution in [3.63, 3.8) is 0 Å². The molecule has 66 valence electrons. The van der Waals surface area contributed by atoms with Crippen LogP contribution in [0.1, 0.15) is 6.92 Å². The molecule has 1 aromatic rings. The van der Waals surface area contributed by atoms with Crippen LogP contribution in [0.3, 0.4) is 0 Å². The maximum absolute atomic E-state index is 11.3. The maximum atomic E-state index is 11.3. The van der Waals surface area contributed by atoms with Crippen molar-refractivity contribution in [2.24, 2.45) is 0 Å². The van der Waals surface area contributed by atoms with E-state index in [4.69, 9.17) is 5.11 Å². The number of benzene rings is 1. The fraction of sp³-hybridized carbons (Fsp3) is 0.250. The molecule has 12 heavy (non-hydrogen) atoms. The fourth-order valence-corrected chi connectivity index (χ4v) is 1.74. The van der Waals surface area contributed by atoms with Crippen LogP contribution in [-0.2, 0) is 9.84 Å². The van der Waals surface area contributed by atoms with Crippen molar-refractivity contribution in [2.45, 2.75) is 17.3 Å². The summed E-state index contributed by atoms with van der Waals surface area (Å²) in [5.41, 5.74) is -1.35. The molecule has 0 saturated carbocycles. The molecule has 0 fully saturated rings. The Labute approximate surface area is 71.6 Å². The van der Waals surface area contributed by atoms with Gasteiger partial charge in [0.1, 0.15) is 0 Å². The van der Waals surface area contributed by atoms with Crippen molar-refractivity contribution in [2.75, 3.05) is 0 Å². The molecule has 1 rings (SSSR count). The van der Waals surface area contributed by atoms with E-state index >= 15 is 0 Å². The molecule has 3 nitrogen and oxygen atoms in total. The minimum atomic E-state index is -3.52. The van der Waals surface area contributed by atoms with Crippen LogP contribution >= 0.6 is 0 Å². The predicted octanol–water partition coefficient (Wildman–Crippen LogP) is 0.799. The van der Waals surface area contributed by atoms with E-state index in [-0.39, 0.29) is 4.90 Å². The molecular formula is C8H10O3S. The van der Waals surface area contributed by atoms with E-state index in [2.05, 4.69) is 0 Å². The van der Waals surface area contributed by atoms with E-state index in [1.807, 2.05) is 0 Å². The Hall–Kier alpha value is -0.870. The summed E-state index contributed by atoms with van der Waals surface area (Å²) in [6.07, 6.45) is 0. The molecule has 0 aromatic heterocycles. The molecule has 1 aromatic carbocycles. The van der Waals surface area contributed by atoms with Crippen LogP contribution in [-0.4, -0.2) is 19.0 Å². The summed E-state index contributed by atoms with van der Waals surface area (Å²) in [6, 6.07) is 7.88. The molecule has 0 aliphatic heterocycles. The highest BCUT2D eigenvalue weighted by atomic mass is 32.2. The van der Waals surface area contributed by atoms with Crippen molar-refractivity contribution >= 4 is 9.84 Å². The van der Waals surface area contributed by atoms with E-state index < -0.39 is 15.3 Å². The first-order chi connectivity index (χ1) is 5.55. The molecular weight excluding hydrogens is 176 g/mol. The van der Waals surface area contributed by atoms with Gasteiger partial charge in [-0.25, -0.2) is 8.42 Å². The number of aliphatic hydroxyl groups is 1. The second-order valence-electron chi connectivity index (χ2n) is 2.46. The molecule has 0 bridgehead atoms. The summed E-state index contributed by atoms with van der Waals surface area (Å²) in [5, 5.41) is 8.95. The van der Waals surface area contributed by atoms with Crippen LogP contribution < -0.4 is 0 Å². The van der Waals surface area contributed by atoms with Crippen molar-refractivity contribution in [3.8, 4) is 0 Å². The van der Waals surface area contributed by atoms with E-state index in [1.165, 1.54) is 19.1 Å². The van der Waals surface area contributed by atoms with Gasteiger partial charge in [-0.2, -0.15) is 0 Å². The Morgan fingerprint density at radius 3 is 2.17 bits per heavy atom. The van der Waals surface area contributed by atoms with E-state index in [9.17, 15) is 8.42 Å². The normalized spacial score (nSPS) is 14.2. The Morgan fingerprint density at radius 1 is 1.25 bits per heavy atom. The fourth-order valence-electron chi connectivity index (χ4n) is 0.807. The molecule has 0 spiro atoms. The van der Waals surface area contributed by atoms with Gasteiger partial charge in [0.15, 0.2) is 5.44 Å². The Bertz CT molecular complexity index is 340. The highest BCUT2D eigenvalue weighted by Crippen LogP contribution is 2.12. The summed E-state index contributed by atoms with van der Waals surface area (Å²) in [7, 11) is -3.52. The van der Waals surface area contributed by atoms with Gasteiger partial charge < -0.3 is 5.11 Å². The molecule has 0 aliphatic rings. The van der Waals surface area contributed by atoms with Gasteiger partial charge in [0, 0.05) is 0 Å². The molecule has 1 atom stereocenters. The molecule has 0 radical (unpaired) electrons. The van der Waals surface area contributed by atoms with Crippen LogP contribution in [0.2, 0.25) is 0 Å². The standard InChI is InChI=1S/C8H10O3S/c1-7(9)12(10,11)8-5-3-2-4-6-8/h2-7,9H,1H3. The zero-order valence-corrected chi connectivity index (χ0v) is 7.45. The smallest absolute Gasteiger partial charge is 0.204 e. The summed E-state index contributed by atoms with van der Waals surface area (Å²) >= 11 is 0. The molecule has 1 N–H and O–H groups in total. The predicted molar refractivity (Wildman–Crippen MR) is 45.3 cm³/mol. The van der Waals surface area contributed by atoms with Gasteiger partial charge in [0.25, 0.3) is 0 Å². The van der Waals surface area contributed by atoms with Crippen molar-refractivity contribution in [1.29, 1.82) is 0 Å². The van der Waals surface area contributed by atoms with Crippen LogP contribution in [0.4, 0.5) is 0 Å². The highest BCUT2D eigenvalue weighted by molar-refractivity contribution is 7.91. The Morgan fingerprint density at radius 2 is 1.75 bits per heavy atom. The first kappa shape index (κ1) is 9.22. The largest absolute Gasteiger partial charge is 0.377 e. The molecule has 0 amide bonds. The summed E-state index contributed by atoms with van der Waals surface area (Å²) in [5.74, 6) is 0. The zero-order valence-electron chi connectivity index (χ0n) is 6.64. The topological polar surface area (TPSA) is 54.4 Å². The van der Waals surface area contributed by atoms with Crippen molar-refractivity contribution in [1.82, 2.24) is 0 Å². The second kappa shape index (κ2) is 3.25. The summed E-state index contributed by atoms with van der Waals surface area (Å²) in [4.78, 5) is 0.153. The van der Waals surface area contributed by atoms with Crippen LogP contribution in [0.15, 0.2) is 35.2 Å². The van der Waals surface area contributed by atoms with E-state index in [0.717, 1.165) is 0 Å². The van der Waals surface area contributed by atoms with E-state index in [1.54, 1.807) is 18.2 Å². The minimum absolute atomic E-state index is 0.153. The second-order valence-corrected chi connectivity index (χ2v) is 4.70. The lowest BCUT2D eigenvalue weighted by Gasteiger charge is -2.05. The number of aliphatic hydroxyl groups excluding tert-OH is 1. The van der Waals surface area contributed by atoms with Gasteiger partial charge in [-0.05, 0) is 19.1 Å². The SMILES string of the molecule is CC(O)S(=O)(=O)c1ccccc1. The first-order valence-electron chi connectivity index (χ1n) is 3.52. The van der Waals surface area contributed by atoms with Gasteiger partial charge in [0.2, 0.25) is 9.84 Å². The van der Waals surface area contributed by atoms with E-state index in [0.29, 0.717) is 0 Å². The minimum Gasteiger partial charge on any atom is -0.377 e. The van der Waals surface area contributed by atoms with Crippen molar-refractivity contribution < 1.29 is 13.5 Å². The lowest BCUT2D eigenvalue weighted by molar-refractivity contribution is 0.268. The maximum Gasteiger partial charge on any atom is 0.204 e. The third kappa shape index (κ3) is 1.65. The monoisotopic (exact) mass is 186 g/mol. The number of hydrogen-bond acceptors (Lipinski definition) is 3. The van der Waals surface area contributed by atoms with Crippen LogP contribution in [0, 0.1) is 0 Å². The molecule has 0 heterocycles. The van der Waals surface area contributed by atoms with Crippen molar-refractivity contribution in [3.05, 3.63) is 30.3 Å². The average Bonchev–Trinajstić information content (AvgIpc) is 2.06. The van der Waals surface area contributed by atoms with Crippen LogP contribution in [0.5, 0.6) is 0 Å². The molecule has 1 unspecified atom stereocenters. The quantitative estimate of drug-likeness (QED) is 0.743. The van der Waals surface area contributed by atoms with Gasteiger partial charge in [0.05, 0.1) is 4.90 Å². The molecule has 0 aliphatic carbocycles. The third-order valence-corrected chi connectivity index (χ3v) is 3.35. The van der Waals surface area contributed by atoms with Gasteiger partial charge >= 0.3 is 0 Å². The van der Waals surface area contributed by atoms with Gasteiger partial charge in [-0.1, -0.05) is 18.2 Å². The lowest BCUT2D eigenvalue weighted by atomic mass is 10.4. The first-order valence-corrected chi connectivity index (χ1v) is 5.07. The average molecular weight is 186 g/mol. The Kier molecular flexibility index (Phi) is 2.49. The van der Waals surface area contributed by atoms with Gasteiger partial charge in [-0.3, -0.25) is 0 Å². The zero-order chi connectivity index (χ0) is 9.19. The number of rotatable bonds is 2. The molecule has 4 heteroatoms. The number of sulfone groups is 1. The third-order valence-electron chi connectivity index (χ3n) is 1.52. The number of hydrogen-bond donors (Lipinski definition) is 1.